The van der Waals surface area contributed by atoms with Crippen LogP contribution < -0.4 is 5.32 Å². The van der Waals surface area contributed by atoms with Gasteiger partial charge in [0.05, 0.1) is 5.69 Å². The second-order valence-corrected chi connectivity index (χ2v) is 9.41. The minimum absolute atomic E-state index is 0.0767. The molecule has 2 heterocycles. The Morgan fingerprint density at radius 3 is 2.45 bits per heavy atom. The van der Waals surface area contributed by atoms with Gasteiger partial charge in [0.25, 0.3) is 0 Å². The number of hydrogen-bond donors (Lipinski definition) is 2. The fourth-order valence-electron chi connectivity index (χ4n) is 5.77. The fourth-order valence-corrected chi connectivity index (χ4v) is 5.77. The van der Waals surface area contributed by atoms with Crippen LogP contribution >= 0.6 is 0 Å². The molecule has 3 fully saturated rings. The van der Waals surface area contributed by atoms with Gasteiger partial charge in [-0.1, -0.05) is 37.3 Å². The summed E-state index contributed by atoms with van der Waals surface area (Å²) in [6.45, 7) is 2.34. The van der Waals surface area contributed by atoms with Crippen LogP contribution in [0.3, 0.4) is 0 Å². The molecule has 4 aromatic rings. The van der Waals surface area contributed by atoms with Crippen molar-refractivity contribution in [3.05, 3.63) is 60.2 Å². The van der Waals surface area contributed by atoms with Gasteiger partial charge in [0, 0.05) is 29.1 Å². The number of hydrogen-bond acceptors (Lipinski definition) is 4. The summed E-state index contributed by atoms with van der Waals surface area (Å²) in [6.07, 6.45) is 5.12. The number of nitrogens with one attached hydrogen (secondary N) is 2. The summed E-state index contributed by atoms with van der Waals surface area (Å²) in [5.41, 5.74) is 2.18. The predicted octanol–water partition coefficient (Wildman–Crippen LogP) is 6.20. The maximum absolute atomic E-state index is 14.3. The Kier molecular flexibility index (Phi) is 4.85. The van der Waals surface area contributed by atoms with Crippen molar-refractivity contribution in [3.8, 4) is 22.8 Å². The molecule has 3 aliphatic rings. The Hall–Kier alpha value is -3.35. The zero-order chi connectivity index (χ0) is 22.5. The largest absolute Gasteiger partial charge is 0.367 e. The molecule has 2 aromatic heterocycles. The van der Waals surface area contributed by atoms with Crippen molar-refractivity contribution in [1.82, 2.24) is 20.2 Å². The maximum atomic E-state index is 14.3. The minimum atomic E-state index is -0.711. The number of aromatic amines is 1. The molecule has 168 valence electrons. The van der Waals surface area contributed by atoms with Crippen LogP contribution in [0.2, 0.25) is 0 Å². The molecule has 0 unspecified atom stereocenters. The van der Waals surface area contributed by atoms with Crippen molar-refractivity contribution in [1.29, 1.82) is 0 Å². The molecule has 0 amide bonds. The molecule has 5 nitrogen and oxygen atoms in total. The van der Waals surface area contributed by atoms with Gasteiger partial charge in [-0.2, -0.15) is 5.10 Å². The van der Waals surface area contributed by atoms with Crippen molar-refractivity contribution in [2.75, 3.05) is 5.32 Å². The zero-order valence-corrected chi connectivity index (χ0v) is 18.4. The maximum Gasteiger partial charge on any atom is 0.180 e. The molecule has 2 atom stereocenters. The van der Waals surface area contributed by atoms with E-state index < -0.39 is 11.6 Å². The van der Waals surface area contributed by atoms with Crippen molar-refractivity contribution in [2.45, 2.75) is 38.6 Å². The number of rotatable bonds is 4. The van der Waals surface area contributed by atoms with E-state index in [4.69, 9.17) is 9.97 Å². The predicted molar refractivity (Wildman–Crippen MR) is 124 cm³/mol. The molecule has 0 saturated heterocycles. The van der Waals surface area contributed by atoms with E-state index in [1.807, 2.05) is 36.4 Å². The van der Waals surface area contributed by atoms with Gasteiger partial charge in [-0.3, -0.25) is 5.10 Å². The van der Waals surface area contributed by atoms with Crippen molar-refractivity contribution >= 4 is 16.7 Å². The van der Waals surface area contributed by atoms with E-state index in [9.17, 15) is 8.78 Å². The lowest BCUT2D eigenvalue weighted by Crippen LogP contribution is -2.47. The van der Waals surface area contributed by atoms with Crippen LogP contribution in [0.5, 0.6) is 0 Å². The third-order valence-electron chi connectivity index (χ3n) is 7.55. The number of benzene rings is 2. The number of nitrogens with zero attached hydrogens (tertiary/aromatic N) is 3. The molecular weight excluding hydrogens is 420 g/mol. The summed E-state index contributed by atoms with van der Waals surface area (Å²) in [4.78, 5) is 9.53. The first kappa shape index (κ1) is 20.3. The number of halogens is 2. The average molecular weight is 446 g/mol. The van der Waals surface area contributed by atoms with Crippen molar-refractivity contribution in [2.24, 2.45) is 17.8 Å². The van der Waals surface area contributed by atoms with E-state index in [1.165, 1.54) is 31.7 Å². The van der Waals surface area contributed by atoms with E-state index in [-0.39, 0.29) is 5.52 Å². The lowest BCUT2D eigenvalue weighted by molar-refractivity contribution is 0.0928. The summed E-state index contributed by atoms with van der Waals surface area (Å²) >= 11 is 0. The van der Waals surface area contributed by atoms with E-state index in [1.54, 1.807) is 0 Å². The molecule has 3 saturated carbocycles. The first-order valence-corrected chi connectivity index (χ1v) is 11.6. The lowest BCUT2D eigenvalue weighted by Gasteiger charge is -2.47. The van der Waals surface area contributed by atoms with Crippen LogP contribution in [-0.4, -0.2) is 26.2 Å². The monoisotopic (exact) mass is 445 g/mol. The molecule has 0 aliphatic heterocycles. The van der Waals surface area contributed by atoms with Gasteiger partial charge < -0.3 is 5.32 Å². The molecule has 7 heteroatoms. The fraction of sp³-hybridized carbons (Fsp3) is 0.346. The number of fused-ring (bicyclic) bond motifs is 4. The molecule has 3 aliphatic carbocycles. The van der Waals surface area contributed by atoms with Crippen LogP contribution in [0.4, 0.5) is 14.6 Å². The number of aromatic nitrogens is 4. The van der Waals surface area contributed by atoms with Gasteiger partial charge in [-0.05, 0) is 49.5 Å². The molecule has 0 spiro atoms. The Balaban J connectivity index is 1.46. The van der Waals surface area contributed by atoms with Gasteiger partial charge in [0.2, 0.25) is 0 Å². The Bertz CT molecular complexity index is 1310. The second-order valence-electron chi connectivity index (χ2n) is 9.41. The smallest absolute Gasteiger partial charge is 0.180 e. The van der Waals surface area contributed by atoms with Crippen LogP contribution in [0, 0.1) is 29.4 Å². The van der Waals surface area contributed by atoms with Crippen LogP contribution in [-0.2, 0) is 0 Å². The Morgan fingerprint density at radius 1 is 0.939 bits per heavy atom. The summed E-state index contributed by atoms with van der Waals surface area (Å²) in [5, 5.41) is 10.9. The number of anilines is 1. The highest BCUT2D eigenvalue weighted by Gasteiger charge is 2.41. The molecule has 2 bridgehead atoms. The molecule has 2 aromatic carbocycles. The van der Waals surface area contributed by atoms with E-state index in [0.717, 1.165) is 29.1 Å². The summed E-state index contributed by atoms with van der Waals surface area (Å²) in [6, 6.07) is 14.3. The van der Waals surface area contributed by atoms with Crippen molar-refractivity contribution < 1.29 is 8.78 Å². The summed E-state index contributed by atoms with van der Waals surface area (Å²) < 4.78 is 28.3. The van der Waals surface area contributed by atoms with Crippen molar-refractivity contribution in [3.63, 3.8) is 0 Å². The normalized spacial score (nSPS) is 24.3. The van der Waals surface area contributed by atoms with E-state index >= 15 is 0 Å². The molecular formula is C26H25F2N5. The van der Waals surface area contributed by atoms with Gasteiger partial charge >= 0.3 is 0 Å². The highest BCUT2D eigenvalue weighted by atomic mass is 19.1. The zero-order valence-electron chi connectivity index (χ0n) is 18.4. The highest BCUT2D eigenvalue weighted by Crippen LogP contribution is 2.46. The van der Waals surface area contributed by atoms with Gasteiger partial charge in [0.1, 0.15) is 22.8 Å². The summed E-state index contributed by atoms with van der Waals surface area (Å²) in [5.74, 6) is 1.68. The Labute approximate surface area is 190 Å². The highest BCUT2D eigenvalue weighted by molar-refractivity contribution is 5.92. The molecule has 2 N–H and O–H groups in total. The third-order valence-corrected chi connectivity index (χ3v) is 7.55. The summed E-state index contributed by atoms with van der Waals surface area (Å²) in [7, 11) is 0. The first-order chi connectivity index (χ1) is 16.1. The topological polar surface area (TPSA) is 66.5 Å². The quantitative estimate of drug-likeness (QED) is 0.392. The molecule has 0 radical (unpaired) electrons. The van der Waals surface area contributed by atoms with Gasteiger partial charge in [-0.15, -0.1) is 0 Å². The number of H-pyrrole nitrogens is 1. The lowest BCUT2D eigenvalue weighted by atomic mass is 9.62. The molecule has 7 rings (SSSR count). The standard InChI is InChI=1S/C26H25F2N5/c1-14-15-7-9-17(10-8-15)23(14)30-22-13-21(16-5-3-2-4-6-16)29-26(31-22)25-19-11-18(27)12-20(28)24(19)32-33-25/h2-6,11-15,17,23H,7-10H2,1H3,(H,32,33)(H,29,30,31)/t14-,15?,17?,23+/m0/s1. The van der Waals surface area contributed by atoms with Crippen LogP contribution in [0.15, 0.2) is 48.5 Å². The first-order valence-electron chi connectivity index (χ1n) is 11.6. The van der Waals surface area contributed by atoms with E-state index in [0.29, 0.717) is 34.8 Å². The average Bonchev–Trinajstić information content (AvgIpc) is 3.26. The second kappa shape index (κ2) is 7.90. The third kappa shape index (κ3) is 3.56. The van der Waals surface area contributed by atoms with Gasteiger partial charge in [-0.25, -0.2) is 18.7 Å². The molecule has 33 heavy (non-hydrogen) atoms. The van der Waals surface area contributed by atoms with E-state index in [2.05, 4.69) is 22.4 Å². The van der Waals surface area contributed by atoms with Crippen LogP contribution in [0.1, 0.15) is 32.6 Å². The minimum Gasteiger partial charge on any atom is -0.367 e. The van der Waals surface area contributed by atoms with Crippen LogP contribution in [0.25, 0.3) is 33.7 Å². The van der Waals surface area contributed by atoms with Gasteiger partial charge in [0.15, 0.2) is 11.6 Å². The SMILES string of the molecule is C[C@H]1C2CCC(CC2)[C@@H]1Nc1cc(-c2ccccc2)nc(-c2[nH]nc3c(F)cc(F)cc23)n1. The Morgan fingerprint density at radius 2 is 1.70 bits per heavy atom.